The van der Waals surface area contributed by atoms with Gasteiger partial charge in [-0.1, -0.05) is 6.07 Å². The molecule has 0 aliphatic heterocycles. The molecular weight excluding hydrogens is 245 g/mol. The van der Waals surface area contributed by atoms with Gasteiger partial charge in [-0.2, -0.15) is 0 Å². The van der Waals surface area contributed by atoms with Crippen molar-refractivity contribution in [2.24, 2.45) is 0 Å². The van der Waals surface area contributed by atoms with Crippen LogP contribution in [0.1, 0.15) is 12.1 Å². The van der Waals surface area contributed by atoms with E-state index in [9.17, 15) is 0 Å². The van der Waals surface area contributed by atoms with Crippen molar-refractivity contribution >= 4 is 0 Å². The number of aromatic nitrogens is 1. The van der Waals surface area contributed by atoms with Gasteiger partial charge in [-0.15, -0.1) is 0 Å². The van der Waals surface area contributed by atoms with Gasteiger partial charge in [0.25, 0.3) is 0 Å². The summed E-state index contributed by atoms with van der Waals surface area (Å²) in [7, 11) is 4.19. The maximum Gasteiger partial charge on any atom is 0.0541 e. The SMILES string of the molecule is CN(C)CCCNCc1ccccn1.[Cl-].[Cl-]. The maximum absolute atomic E-state index is 4.24. The van der Waals surface area contributed by atoms with E-state index in [2.05, 4.69) is 29.3 Å². The number of hydrogen-bond donors (Lipinski definition) is 1. The first-order valence-electron chi connectivity index (χ1n) is 5.04. The molecule has 5 heteroatoms. The van der Waals surface area contributed by atoms with Gasteiger partial charge in [0.15, 0.2) is 0 Å². The molecule has 0 aliphatic rings. The number of nitrogens with one attached hydrogen (secondary N) is 1. The van der Waals surface area contributed by atoms with E-state index < -0.39 is 0 Å². The van der Waals surface area contributed by atoms with Gasteiger partial charge in [0, 0.05) is 12.7 Å². The number of rotatable bonds is 6. The molecule has 1 aromatic heterocycles. The lowest BCUT2D eigenvalue weighted by molar-refractivity contribution is -0.001000. The average Bonchev–Trinajstić information content (AvgIpc) is 2.18. The van der Waals surface area contributed by atoms with Crippen LogP contribution in [-0.2, 0) is 6.54 Å². The Balaban J connectivity index is 0. The summed E-state index contributed by atoms with van der Waals surface area (Å²) in [5, 5.41) is 3.37. The second-order valence-electron chi connectivity index (χ2n) is 3.65. The van der Waals surface area contributed by atoms with Crippen LogP contribution >= 0.6 is 0 Å². The maximum atomic E-state index is 4.24. The van der Waals surface area contributed by atoms with Gasteiger partial charge in [0.1, 0.15) is 0 Å². The van der Waals surface area contributed by atoms with E-state index in [-0.39, 0.29) is 24.8 Å². The van der Waals surface area contributed by atoms with Crippen molar-refractivity contribution in [2.75, 3.05) is 27.2 Å². The molecule has 1 aromatic rings. The molecule has 0 fully saturated rings. The molecular formula is C11H19Cl2N3-2. The third kappa shape index (κ3) is 8.92. The summed E-state index contributed by atoms with van der Waals surface area (Å²) >= 11 is 0. The van der Waals surface area contributed by atoms with E-state index in [1.165, 1.54) is 6.42 Å². The van der Waals surface area contributed by atoms with E-state index in [4.69, 9.17) is 0 Å². The van der Waals surface area contributed by atoms with Crippen LogP contribution in [0.2, 0.25) is 0 Å². The number of pyridine rings is 1. The highest BCUT2D eigenvalue weighted by atomic mass is 35.5. The van der Waals surface area contributed by atoms with Crippen molar-refractivity contribution in [3.63, 3.8) is 0 Å². The minimum Gasteiger partial charge on any atom is -1.00 e. The summed E-state index contributed by atoms with van der Waals surface area (Å²) < 4.78 is 0. The van der Waals surface area contributed by atoms with Gasteiger partial charge in [-0.05, 0) is 45.7 Å². The lowest BCUT2D eigenvalue weighted by Crippen LogP contribution is -3.00. The van der Waals surface area contributed by atoms with Gasteiger partial charge in [-0.25, -0.2) is 0 Å². The molecule has 0 saturated carbocycles. The number of nitrogens with zero attached hydrogens (tertiary/aromatic N) is 2. The molecule has 0 unspecified atom stereocenters. The first-order valence-corrected chi connectivity index (χ1v) is 5.04. The van der Waals surface area contributed by atoms with E-state index >= 15 is 0 Å². The van der Waals surface area contributed by atoms with Crippen LogP contribution in [0.25, 0.3) is 0 Å². The Morgan fingerprint density at radius 2 is 2.00 bits per heavy atom. The zero-order valence-corrected chi connectivity index (χ0v) is 11.3. The highest BCUT2D eigenvalue weighted by Gasteiger charge is 1.92. The topological polar surface area (TPSA) is 28.2 Å². The zero-order valence-electron chi connectivity index (χ0n) is 9.79. The summed E-state index contributed by atoms with van der Waals surface area (Å²) in [5.74, 6) is 0. The van der Waals surface area contributed by atoms with Gasteiger partial charge in [0.2, 0.25) is 0 Å². The first-order chi connectivity index (χ1) is 6.79. The van der Waals surface area contributed by atoms with E-state index in [1.807, 2.05) is 24.4 Å². The molecule has 3 nitrogen and oxygen atoms in total. The van der Waals surface area contributed by atoms with Crippen LogP contribution < -0.4 is 30.1 Å². The normalized spacial score (nSPS) is 9.44. The fourth-order valence-corrected chi connectivity index (χ4v) is 1.24. The van der Waals surface area contributed by atoms with Crippen molar-refractivity contribution in [1.29, 1.82) is 0 Å². The Morgan fingerprint density at radius 1 is 1.25 bits per heavy atom. The van der Waals surface area contributed by atoms with Crippen molar-refractivity contribution in [3.8, 4) is 0 Å². The second-order valence-corrected chi connectivity index (χ2v) is 3.65. The highest BCUT2D eigenvalue weighted by molar-refractivity contribution is 5.02. The molecule has 1 heterocycles. The summed E-state index contributed by atoms with van der Waals surface area (Å²) in [5.41, 5.74) is 1.11. The fraction of sp³-hybridized carbons (Fsp3) is 0.545. The average molecular weight is 264 g/mol. The predicted molar refractivity (Wildman–Crippen MR) is 59.1 cm³/mol. The van der Waals surface area contributed by atoms with Crippen molar-refractivity contribution < 1.29 is 24.8 Å². The largest absolute Gasteiger partial charge is 1.00 e. The lowest BCUT2D eigenvalue weighted by atomic mass is 10.3. The number of hydrogen-bond acceptors (Lipinski definition) is 3. The summed E-state index contributed by atoms with van der Waals surface area (Å²) in [6, 6.07) is 6.00. The Morgan fingerprint density at radius 3 is 2.56 bits per heavy atom. The number of halogens is 2. The van der Waals surface area contributed by atoms with Gasteiger partial charge in [-0.3, -0.25) is 4.98 Å². The highest BCUT2D eigenvalue weighted by Crippen LogP contribution is 1.91. The molecule has 16 heavy (non-hydrogen) atoms. The van der Waals surface area contributed by atoms with Crippen molar-refractivity contribution in [2.45, 2.75) is 13.0 Å². The quantitative estimate of drug-likeness (QED) is 0.522. The van der Waals surface area contributed by atoms with E-state index in [0.717, 1.165) is 25.3 Å². The summed E-state index contributed by atoms with van der Waals surface area (Å²) in [6.45, 7) is 3.05. The predicted octanol–water partition coefficient (Wildman–Crippen LogP) is -4.87. The van der Waals surface area contributed by atoms with Gasteiger partial charge < -0.3 is 35.0 Å². The molecule has 0 spiro atoms. The van der Waals surface area contributed by atoms with E-state index in [1.54, 1.807) is 0 Å². The molecule has 0 saturated heterocycles. The summed E-state index contributed by atoms with van der Waals surface area (Å²) in [6.07, 6.45) is 3.01. The molecule has 0 atom stereocenters. The smallest absolute Gasteiger partial charge is 0.0541 e. The molecule has 0 bridgehead atoms. The fourth-order valence-electron chi connectivity index (χ4n) is 1.24. The van der Waals surface area contributed by atoms with Crippen LogP contribution in [0.4, 0.5) is 0 Å². The van der Waals surface area contributed by atoms with Crippen molar-refractivity contribution in [3.05, 3.63) is 30.1 Å². The molecule has 0 radical (unpaired) electrons. The second kappa shape index (κ2) is 11.1. The standard InChI is InChI=1S/C11H19N3.2ClH/c1-14(2)9-5-7-12-10-11-6-3-4-8-13-11;;/h3-4,6,8,12H,5,7,9-10H2,1-2H3;2*1H/p-2. The van der Waals surface area contributed by atoms with Crippen LogP contribution in [0.3, 0.4) is 0 Å². The third-order valence-corrected chi connectivity index (χ3v) is 1.99. The lowest BCUT2D eigenvalue weighted by Gasteiger charge is -2.09. The van der Waals surface area contributed by atoms with Crippen LogP contribution in [0, 0.1) is 0 Å². The first kappa shape index (κ1) is 18.0. The Bertz CT molecular complexity index is 242. The van der Waals surface area contributed by atoms with Crippen LogP contribution in [0.5, 0.6) is 0 Å². The molecule has 0 aliphatic carbocycles. The molecule has 1 N–H and O–H groups in total. The molecule has 0 aromatic carbocycles. The van der Waals surface area contributed by atoms with Crippen molar-refractivity contribution in [1.82, 2.24) is 15.2 Å². The van der Waals surface area contributed by atoms with Crippen LogP contribution in [-0.4, -0.2) is 37.1 Å². The van der Waals surface area contributed by atoms with Gasteiger partial charge in [0.05, 0.1) is 5.69 Å². The monoisotopic (exact) mass is 263 g/mol. The van der Waals surface area contributed by atoms with Gasteiger partial charge >= 0.3 is 0 Å². The Hall–Kier alpha value is -0.350. The van der Waals surface area contributed by atoms with Crippen LogP contribution in [0.15, 0.2) is 24.4 Å². The third-order valence-electron chi connectivity index (χ3n) is 1.99. The minimum atomic E-state index is 0. The Kier molecular flexibility index (Phi) is 12.6. The Labute approximate surface area is 110 Å². The molecule has 94 valence electrons. The molecule has 1 rings (SSSR count). The summed E-state index contributed by atoms with van der Waals surface area (Å²) in [4.78, 5) is 6.44. The zero-order chi connectivity index (χ0) is 10.2. The van der Waals surface area contributed by atoms with E-state index in [0.29, 0.717) is 0 Å². The minimum absolute atomic E-state index is 0. The molecule has 0 amide bonds.